The molecule has 2 bridgehead atoms. The van der Waals surface area contributed by atoms with E-state index in [1.54, 1.807) is 0 Å². The quantitative estimate of drug-likeness (QED) is 0.567. The topological polar surface area (TPSA) is 17.1 Å². The normalized spacial score (nSPS) is 52.5. The fraction of sp³-hybridized carbons (Fsp3) is 0.917. The van der Waals surface area contributed by atoms with Gasteiger partial charge in [-0.05, 0) is 35.5 Å². The summed E-state index contributed by atoms with van der Waals surface area (Å²) in [6.07, 6.45) is 3.79. The van der Waals surface area contributed by atoms with Crippen LogP contribution in [-0.2, 0) is 4.79 Å². The van der Waals surface area contributed by atoms with E-state index >= 15 is 0 Å². The van der Waals surface area contributed by atoms with Gasteiger partial charge in [-0.25, -0.2) is 0 Å². The van der Waals surface area contributed by atoms with Crippen molar-refractivity contribution in [3.63, 3.8) is 0 Å². The molecule has 0 amide bonds. The Hall–Kier alpha value is -0.330. The Balaban J connectivity index is 2.44. The number of carbonyl (C=O) groups is 1. The van der Waals surface area contributed by atoms with Crippen molar-refractivity contribution < 1.29 is 4.79 Å². The van der Waals surface area contributed by atoms with Crippen molar-refractivity contribution >= 4 is 6.29 Å². The van der Waals surface area contributed by atoms with Crippen LogP contribution in [-0.4, -0.2) is 6.29 Å². The van der Waals surface area contributed by atoms with Crippen molar-refractivity contribution in [1.29, 1.82) is 0 Å². The molecule has 2 saturated carbocycles. The molecule has 0 aliphatic heterocycles. The minimum absolute atomic E-state index is 0.328. The van der Waals surface area contributed by atoms with Gasteiger partial charge in [0, 0.05) is 5.92 Å². The Morgan fingerprint density at radius 1 is 1.31 bits per heavy atom. The Morgan fingerprint density at radius 2 is 1.92 bits per heavy atom. The summed E-state index contributed by atoms with van der Waals surface area (Å²) in [5, 5.41) is 0. The van der Waals surface area contributed by atoms with Crippen LogP contribution < -0.4 is 0 Å². The molecule has 0 aromatic rings. The Morgan fingerprint density at radius 3 is 2.23 bits per heavy atom. The van der Waals surface area contributed by atoms with Crippen LogP contribution in [0.25, 0.3) is 0 Å². The Bertz CT molecular complexity index is 244. The van der Waals surface area contributed by atoms with E-state index in [0.29, 0.717) is 28.6 Å². The van der Waals surface area contributed by atoms with E-state index < -0.39 is 0 Å². The zero-order chi connectivity index (χ0) is 9.85. The first-order valence-corrected chi connectivity index (χ1v) is 5.40. The first kappa shape index (κ1) is 9.23. The molecule has 13 heavy (non-hydrogen) atoms. The minimum atomic E-state index is 0.328. The number of fused-ring (bicyclic) bond motifs is 2. The third-order valence-corrected chi connectivity index (χ3v) is 5.58. The van der Waals surface area contributed by atoms with E-state index in [0.717, 1.165) is 0 Å². The molecule has 0 aromatic carbocycles. The first-order valence-electron chi connectivity index (χ1n) is 5.40. The minimum Gasteiger partial charge on any atom is -0.303 e. The maximum Gasteiger partial charge on any atom is 0.123 e. The lowest BCUT2D eigenvalue weighted by molar-refractivity contribution is -0.114. The second-order valence-electron chi connectivity index (χ2n) is 5.79. The lowest BCUT2D eigenvalue weighted by Gasteiger charge is -2.38. The summed E-state index contributed by atoms with van der Waals surface area (Å²) in [7, 11) is 0. The highest BCUT2D eigenvalue weighted by Crippen LogP contribution is 2.69. The third kappa shape index (κ3) is 0.812. The van der Waals surface area contributed by atoms with Crippen LogP contribution >= 0.6 is 0 Å². The molecule has 2 aliphatic carbocycles. The molecule has 4 atom stereocenters. The molecule has 2 unspecified atom stereocenters. The molecule has 2 aliphatic rings. The summed E-state index contributed by atoms with van der Waals surface area (Å²) in [6.45, 7) is 9.34. The number of hydrogen-bond donors (Lipinski definition) is 0. The van der Waals surface area contributed by atoms with Gasteiger partial charge in [0.25, 0.3) is 0 Å². The fourth-order valence-corrected chi connectivity index (χ4v) is 4.04. The van der Waals surface area contributed by atoms with Gasteiger partial charge in [0.05, 0.1) is 0 Å². The molecule has 1 heteroatoms. The Labute approximate surface area is 80.9 Å². The second-order valence-corrected chi connectivity index (χ2v) is 5.79. The zero-order valence-electron chi connectivity index (χ0n) is 9.13. The van der Waals surface area contributed by atoms with Crippen LogP contribution in [0.1, 0.15) is 40.5 Å². The van der Waals surface area contributed by atoms with Crippen molar-refractivity contribution in [3.05, 3.63) is 0 Å². The molecule has 0 heterocycles. The predicted molar refractivity (Wildman–Crippen MR) is 53.3 cm³/mol. The lowest BCUT2D eigenvalue weighted by atomic mass is 9.67. The largest absolute Gasteiger partial charge is 0.303 e. The molecule has 1 nitrogen and oxygen atoms in total. The number of aldehydes is 1. The van der Waals surface area contributed by atoms with Crippen molar-refractivity contribution in [2.24, 2.45) is 28.6 Å². The van der Waals surface area contributed by atoms with Crippen molar-refractivity contribution in [2.45, 2.75) is 40.5 Å². The standard InChI is InChI=1S/C12H20O/c1-8-9(7-13)10-5-6-12(8,4)11(10,2)3/h7-10H,5-6H2,1-4H3/t8-,9-,10?,12?/m0/s1. The number of rotatable bonds is 1. The molecular weight excluding hydrogens is 160 g/mol. The number of hydrogen-bond acceptors (Lipinski definition) is 1. The summed E-state index contributed by atoms with van der Waals surface area (Å²) >= 11 is 0. The van der Waals surface area contributed by atoms with Gasteiger partial charge in [0.1, 0.15) is 6.29 Å². The lowest BCUT2D eigenvalue weighted by Crippen LogP contribution is -2.31. The van der Waals surface area contributed by atoms with Gasteiger partial charge >= 0.3 is 0 Å². The van der Waals surface area contributed by atoms with E-state index in [4.69, 9.17) is 0 Å². The highest BCUT2D eigenvalue weighted by atomic mass is 16.1. The van der Waals surface area contributed by atoms with Gasteiger partial charge in [-0.2, -0.15) is 0 Å². The van der Waals surface area contributed by atoms with Crippen LogP contribution in [0.3, 0.4) is 0 Å². The van der Waals surface area contributed by atoms with E-state index in [9.17, 15) is 4.79 Å². The average molecular weight is 180 g/mol. The highest BCUT2D eigenvalue weighted by Gasteiger charge is 2.64. The molecule has 0 spiro atoms. The van der Waals surface area contributed by atoms with E-state index in [-0.39, 0.29) is 0 Å². The van der Waals surface area contributed by atoms with Crippen LogP contribution in [0.5, 0.6) is 0 Å². The fourth-order valence-electron chi connectivity index (χ4n) is 4.04. The van der Waals surface area contributed by atoms with Crippen LogP contribution in [0.4, 0.5) is 0 Å². The van der Waals surface area contributed by atoms with Crippen molar-refractivity contribution in [1.82, 2.24) is 0 Å². The molecule has 74 valence electrons. The van der Waals surface area contributed by atoms with E-state index in [2.05, 4.69) is 27.7 Å². The monoisotopic (exact) mass is 180 g/mol. The van der Waals surface area contributed by atoms with E-state index in [1.807, 2.05) is 0 Å². The predicted octanol–water partition coefficient (Wildman–Crippen LogP) is 2.89. The SMILES string of the molecule is C[C@H]1[C@H](C=O)C2CCC1(C)C2(C)C. The molecular formula is C12H20O. The second kappa shape index (κ2) is 2.37. The molecule has 0 N–H and O–H groups in total. The van der Waals surface area contributed by atoms with Gasteiger partial charge < -0.3 is 4.79 Å². The smallest absolute Gasteiger partial charge is 0.123 e. The molecule has 0 radical (unpaired) electrons. The summed E-state index contributed by atoms with van der Waals surface area (Å²) in [5.74, 6) is 1.55. The third-order valence-electron chi connectivity index (χ3n) is 5.58. The summed E-state index contributed by atoms with van der Waals surface area (Å²) in [4.78, 5) is 11.0. The van der Waals surface area contributed by atoms with E-state index in [1.165, 1.54) is 19.1 Å². The van der Waals surface area contributed by atoms with Gasteiger partial charge in [0.15, 0.2) is 0 Å². The average Bonchev–Trinajstić information content (AvgIpc) is 2.36. The summed E-state index contributed by atoms with van der Waals surface area (Å²) < 4.78 is 0. The number of carbonyl (C=O) groups excluding carboxylic acids is 1. The molecule has 0 aromatic heterocycles. The van der Waals surface area contributed by atoms with Crippen molar-refractivity contribution in [2.75, 3.05) is 0 Å². The van der Waals surface area contributed by atoms with Gasteiger partial charge in [-0.3, -0.25) is 0 Å². The van der Waals surface area contributed by atoms with Gasteiger partial charge in [-0.1, -0.05) is 27.7 Å². The van der Waals surface area contributed by atoms with Gasteiger partial charge in [0.2, 0.25) is 0 Å². The maximum absolute atomic E-state index is 11.0. The molecule has 0 saturated heterocycles. The maximum atomic E-state index is 11.0. The first-order chi connectivity index (χ1) is 5.95. The van der Waals surface area contributed by atoms with Gasteiger partial charge in [-0.15, -0.1) is 0 Å². The summed E-state index contributed by atoms with van der Waals surface area (Å²) in [5.41, 5.74) is 0.779. The summed E-state index contributed by atoms with van der Waals surface area (Å²) in [6, 6.07) is 0. The zero-order valence-corrected chi connectivity index (χ0v) is 9.13. The highest BCUT2D eigenvalue weighted by molar-refractivity contribution is 5.57. The van der Waals surface area contributed by atoms with Crippen molar-refractivity contribution in [3.8, 4) is 0 Å². The Kier molecular flexibility index (Phi) is 1.68. The van der Waals surface area contributed by atoms with Crippen LogP contribution in [0.15, 0.2) is 0 Å². The van der Waals surface area contributed by atoms with Crippen LogP contribution in [0.2, 0.25) is 0 Å². The molecule has 2 fully saturated rings. The molecule has 2 rings (SSSR count). The van der Waals surface area contributed by atoms with Crippen LogP contribution in [0, 0.1) is 28.6 Å².